The van der Waals surface area contributed by atoms with Gasteiger partial charge in [-0.3, -0.25) is 0 Å². The third-order valence-electron chi connectivity index (χ3n) is 3.50. The van der Waals surface area contributed by atoms with Crippen LogP contribution in [-0.4, -0.2) is 56.1 Å². The summed E-state index contributed by atoms with van der Waals surface area (Å²) < 4.78 is 24.6. The maximum atomic E-state index is 12.1. The SMILES string of the molecule is CN(Cc1cccs1)C(=O)NC1CCCN(S(C)(=O)=O)C1. The minimum atomic E-state index is -3.19. The molecule has 0 saturated carbocycles. The Labute approximate surface area is 129 Å². The number of carbonyl (C=O) groups excluding carboxylic acids is 1. The molecule has 8 heteroatoms. The fourth-order valence-corrected chi connectivity index (χ4v) is 4.02. The van der Waals surface area contributed by atoms with Gasteiger partial charge in [0.1, 0.15) is 0 Å². The maximum absolute atomic E-state index is 12.1. The summed E-state index contributed by atoms with van der Waals surface area (Å²) in [6, 6.07) is 3.66. The van der Waals surface area contributed by atoms with Crippen LogP contribution >= 0.6 is 11.3 Å². The van der Waals surface area contributed by atoms with E-state index in [4.69, 9.17) is 0 Å². The van der Waals surface area contributed by atoms with Gasteiger partial charge < -0.3 is 10.2 Å². The lowest BCUT2D eigenvalue weighted by molar-refractivity contribution is 0.194. The molecule has 6 nitrogen and oxygen atoms in total. The van der Waals surface area contributed by atoms with Crippen molar-refractivity contribution in [3.63, 3.8) is 0 Å². The van der Waals surface area contributed by atoms with Gasteiger partial charge in [0.25, 0.3) is 0 Å². The molecule has 0 aromatic carbocycles. The Hall–Kier alpha value is -1.12. The summed E-state index contributed by atoms with van der Waals surface area (Å²) in [5.74, 6) is 0. The van der Waals surface area contributed by atoms with E-state index in [0.29, 0.717) is 19.6 Å². The van der Waals surface area contributed by atoms with E-state index in [0.717, 1.165) is 17.7 Å². The minimum Gasteiger partial charge on any atom is -0.334 e. The Morgan fingerprint density at radius 1 is 1.57 bits per heavy atom. The Balaban J connectivity index is 1.87. The first-order valence-electron chi connectivity index (χ1n) is 6.85. The average molecular weight is 331 g/mol. The molecule has 0 spiro atoms. The summed E-state index contributed by atoms with van der Waals surface area (Å²) >= 11 is 1.61. The number of amides is 2. The molecule has 0 bridgehead atoms. The number of nitrogens with one attached hydrogen (secondary N) is 1. The normalized spacial score (nSPS) is 20.2. The molecular formula is C13H21N3O3S2. The van der Waals surface area contributed by atoms with E-state index in [1.165, 1.54) is 10.6 Å². The van der Waals surface area contributed by atoms with Gasteiger partial charge in [-0.25, -0.2) is 17.5 Å². The Kier molecular flexibility index (Phi) is 5.23. The summed E-state index contributed by atoms with van der Waals surface area (Å²) in [6.45, 7) is 1.46. The lowest BCUT2D eigenvalue weighted by Crippen LogP contribution is -2.51. The highest BCUT2D eigenvalue weighted by molar-refractivity contribution is 7.88. The topological polar surface area (TPSA) is 69.7 Å². The first kappa shape index (κ1) is 16.3. The Morgan fingerprint density at radius 3 is 2.95 bits per heavy atom. The van der Waals surface area contributed by atoms with Gasteiger partial charge in [0.2, 0.25) is 10.0 Å². The van der Waals surface area contributed by atoms with E-state index < -0.39 is 10.0 Å². The molecular weight excluding hydrogens is 310 g/mol. The molecule has 1 aromatic rings. The number of sulfonamides is 1. The first-order valence-corrected chi connectivity index (χ1v) is 9.58. The van der Waals surface area contributed by atoms with E-state index in [9.17, 15) is 13.2 Å². The molecule has 0 aliphatic carbocycles. The van der Waals surface area contributed by atoms with Gasteiger partial charge in [0, 0.05) is 31.1 Å². The molecule has 1 aliphatic heterocycles. The van der Waals surface area contributed by atoms with Gasteiger partial charge in [-0.15, -0.1) is 11.3 Å². The number of piperidine rings is 1. The van der Waals surface area contributed by atoms with Crippen LogP contribution < -0.4 is 5.32 Å². The Morgan fingerprint density at radius 2 is 2.33 bits per heavy atom. The van der Waals surface area contributed by atoms with Crippen molar-refractivity contribution in [1.82, 2.24) is 14.5 Å². The predicted octanol–water partition coefficient (Wildman–Crippen LogP) is 1.31. The second kappa shape index (κ2) is 6.76. The number of hydrogen-bond donors (Lipinski definition) is 1. The average Bonchev–Trinajstić information content (AvgIpc) is 2.91. The fourth-order valence-electron chi connectivity index (χ4n) is 2.35. The molecule has 1 N–H and O–H groups in total. The number of hydrogen-bond acceptors (Lipinski definition) is 4. The molecule has 2 rings (SSSR count). The maximum Gasteiger partial charge on any atom is 0.317 e. The molecule has 2 amide bonds. The number of thiophene rings is 1. The zero-order chi connectivity index (χ0) is 15.5. The van der Waals surface area contributed by atoms with E-state index in [2.05, 4.69) is 5.32 Å². The fraction of sp³-hybridized carbons (Fsp3) is 0.615. The smallest absolute Gasteiger partial charge is 0.317 e. The molecule has 2 heterocycles. The van der Waals surface area contributed by atoms with Crippen molar-refractivity contribution in [3.8, 4) is 0 Å². The summed E-state index contributed by atoms with van der Waals surface area (Å²) in [4.78, 5) is 14.9. The van der Waals surface area contributed by atoms with Crippen molar-refractivity contribution in [2.24, 2.45) is 0 Å². The number of carbonyl (C=O) groups is 1. The molecule has 21 heavy (non-hydrogen) atoms. The van der Waals surface area contributed by atoms with Gasteiger partial charge in [-0.2, -0.15) is 0 Å². The van der Waals surface area contributed by atoms with Crippen LogP contribution in [0.3, 0.4) is 0 Å². The van der Waals surface area contributed by atoms with E-state index in [-0.39, 0.29) is 12.1 Å². The van der Waals surface area contributed by atoms with Crippen LogP contribution in [-0.2, 0) is 16.6 Å². The van der Waals surface area contributed by atoms with E-state index in [1.54, 1.807) is 23.3 Å². The summed E-state index contributed by atoms with van der Waals surface area (Å²) in [5.41, 5.74) is 0. The van der Waals surface area contributed by atoms with Gasteiger partial charge in [-0.05, 0) is 24.3 Å². The molecule has 1 aromatic heterocycles. The van der Waals surface area contributed by atoms with Crippen LogP contribution in [0.1, 0.15) is 17.7 Å². The second-order valence-electron chi connectivity index (χ2n) is 5.35. The first-order chi connectivity index (χ1) is 9.86. The highest BCUT2D eigenvalue weighted by Gasteiger charge is 2.27. The standard InChI is InChI=1S/C13H21N3O3S2/c1-15(10-12-6-4-8-20-12)13(17)14-11-5-3-7-16(9-11)21(2,18)19/h4,6,8,11H,3,5,7,9-10H2,1-2H3,(H,14,17). The van der Waals surface area contributed by atoms with Crippen molar-refractivity contribution in [1.29, 1.82) is 0 Å². The summed E-state index contributed by atoms with van der Waals surface area (Å²) in [5, 5.41) is 4.90. The highest BCUT2D eigenvalue weighted by atomic mass is 32.2. The lowest BCUT2D eigenvalue weighted by Gasteiger charge is -2.32. The highest BCUT2D eigenvalue weighted by Crippen LogP contribution is 2.14. The van der Waals surface area contributed by atoms with Crippen LogP contribution in [0, 0.1) is 0 Å². The van der Waals surface area contributed by atoms with Crippen molar-refractivity contribution >= 4 is 27.4 Å². The van der Waals surface area contributed by atoms with Crippen LogP contribution in [0.4, 0.5) is 4.79 Å². The number of rotatable bonds is 4. The Bertz CT molecular complexity index is 571. The largest absolute Gasteiger partial charge is 0.334 e. The summed E-state index contributed by atoms with van der Waals surface area (Å²) in [7, 11) is -1.44. The molecule has 1 aliphatic rings. The van der Waals surface area contributed by atoms with Crippen molar-refractivity contribution in [3.05, 3.63) is 22.4 Å². The molecule has 1 unspecified atom stereocenters. The van der Waals surface area contributed by atoms with Crippen LogP contribution in [0.5, 0.6) is 0 Å². The van der Waals surface area contributed by atoms with Gasteiger partial charge in [0.15, 0.2) is 0 Å². The molecule has 1 saturated heterocycles. The third-order valence-corrected chi connectivity index (χ3v) is 5.63. The molecule has 0 radical (unpaired) electrons. The summed E-state index contributed by atoms with van der Waals surface area (Å²) in [6.07, 6.45) is 2.79. The minimum absolute atomic E-state index is 0.119. The zero-order valence-electron chi connectivity index (χ0n) is 12.3. The van der Waals surface area contributed by atoms with Crippen molar-refractivity contribution < 1.29 is 13.2 Å². The van der Waals surface area contributed by atoms with Crippen LogP contribution in [0.25, 0.3) is 0 Å². The van der Waals surface area contributed by atoms with Gasteiger partial charge in [-0.1, -0.05) is 6.07 Å². The number of urea groups is 1. The quantitative estimate of drug-likeness (QED) is 0.904. The van der Waals surface area contributed by atoms with Crippen molar-refractivity contribution in [2.75, 3.05) is 26.4 Å². The van der Waals surface area contributed by atoms with Gasteiger partial charge >= 0.3 is 6.03 Å². The molecule has 118 valence electrons. The predicted molar refractivity (Wildman–Crippen MR) is 83.8 cm³/mol. The number of nitrogens with zero attached hydrogens (tertiary/aromatic N) is 2. The van der Waals surface area contributed by atoms with Crippen LogP contribution in [0.15, 0.2) is 17.5 Å². The van der Waals surface area contributed by atoms with Gasteiger partial charge in [0.05, 0.1) is 12.8 Å². The monoisotopic (exact) mass is 331 g/mol. The van der Waals surface area contributed by atoms with Crippen molar-refractivity contribution in [2.45, 2.75) is 25.4 Å². The zero-order valence-corrected chi connectivity index (χ0v) is 13.9. The van der Waals surface area contributed by atoms with Crippen LogP contribution in [0.2, 0.25) is 0 Å². The van der Waals surface area contributed by atoms with E-state index in [1.807, 2.05) is 17.5 Å². The molecule has 1 fully saturated rings. The second-order valence-corrected chi connectivity index (χ2v) is 8.36. The third kappa shape index (κ3) is 4.69. The lowest BCUT2D eigenvalue weighted by atomic mass is 10.1. The van der Waals surface area contributed by atoms with E-state index >= 15 is 0 Å². The molecule has 1 atom stereocenters.